The van der Waals surface area contributed by atoms with Gasteiger partial charge in [-0.15, -0.1) is 6.58 Å². The van der Waals surface area contributed by atoms with Crippen LogP contribution >= 0.6 is 11.6 Å². The van der Waals surface area contributed by atoms with E-state index in [2.05, 4.69) is 11.9 Å². The minimum atomic E-state index is -4.85. The monoisotopic (exact) mass is 449 g/mol. The number of carbonyl (C=O) groups excluding carboxylic acids is 2. The molecule has 3 rings (SSSR count). The zero-order valence-electron chi connectivity index (χ0n) is 15.9. The standard InChI is InChI=1S/C21H15ClF3N3O3/c1-2-9-31-12-20(14-4-6-15(22)7-5-14)18(29)28(19(30)27-20)16-8-3-13(11-26)17(10-16)21(23,24)25/h2-8,10H,1,9,12H2,(H,27,30). The third kappa shape index (κ3) is 4.13. The molecule has 1 unspecified atom stereocenters. The molecule has 1 aliphatic rings. The van der Waals surface area contributed by atoms with Crippen molar-refractivity contribution in [1.29, 1.82) is 5.26 Å². The number of imide groups is 1. The van der Waals surface area contributed by atoms with Crippen molar-refractivity contribution >= 4 is 29.2 Å². The number of amides is 3. The van der Waals surface area contributed by atoms with Gasteiger partial charge in [-0.2, -0.15) is 18.4 Å². The molecule has 0 bridgehead atoms. The minimum absolute atomic E-state index is 0.0770. The molecule has 1 heterocycles. The number of halogens is 4. The maximum Gasteiger partial charge on any atom is 0.417 e. The van der Waals surface area contributed by atoms with Gasteiger partial charge in [-0.3, -0.25) is 4.79 Å². The van der Waals surface area contributed by atoms with Crippen molar-refractivity contribution in [2.24, 2.45) is 0 Å². The lowest BCUT2D eigenvalue weighted by molar-refractivity contribution is -0.137. The third-order valence-electron chi connectivity index (χ3n) is 4.67. The van der Waals surface area contributed by atoms with Gasteiger partial charge in [-0.25, -0.2) is 9.69 Å². The van der Waals surface area contributed by atoms with Crippen LogP contribution in [0.15, 0.2) is 55.1 Å². The van der Waals surface area contributed by atoms with Crippen LogP contribution < -0.4 is 10.2 Å². The molecule has 1 N–H and O–H groups in total. The number of nitriles is 1. The lowest BCUT2D eigenvalue weighted by atomic mass is 9.90. The summed E-state index contributed by atoms with van der Waals surface area (Å²) in [7, 11) is 0. The van der Waals surface area contributed by atoms with Gasteiger partial charge in [0.1, 0.15) is 0 Å². The smallest absolute Gasteiger partial charge is 0.374 e. The van der Waals surface area contributed by atoms with Crippen LogP contribution in [-0.2, 0) is 21.2 Å². The number of carbonyl (C=O) groups is 2. The summed E-state index contributed by atoms with van der Waals surface area (Å²) in [6, 6.07) is 9.19. The van der Waals surface area contributed by atoms with Crippen molar-refractivity contribution in [3.8, 4) is 6.07 Å². The molecular formula is C21H15ClF3N3O3. The van der Waals surface area contributed by atoms with E-state index in [0.717, 1.165) is 12.1 Å². The summed E-state index contributed by atoms with van der Waals surface area (Å²) in [5.74, 6) is -0.832. The molecule has 31 heavy (non-hydrogen) atoms. The molecule has 2 aromatic rings. The Morgan fingerprint density at radius 3 is 2.48 bits per heavy atom. The molecule has 0 saturated carbocycles. The number of urea groups is 1. The fourth-order valence-electron chi connectivity index (χ4n) is 3.22. The molecule has 0 radical (unpaired) electrons. The van der Waals surface area contributed by atoms with Crippen LogP contribution in [0, 0.1) is 11.3 Å². The Bertz CT molecular complexity index is 1080. The molecule has 2 aromatic carbocycles. The second-order valence-corrected chi connectivity index (χ2v) is 7.06. The van der Waals surface area contributed by atoms with Gasteiger partial charge >= 0.3 is 12.2 Å². The second kappa shape index (κ2) is 8.41. The molecule has 1 aliphatic heterocycles. The first-order chi connectivity index (χ1) is 14.6. The number of ether oxygens (including phenoxy) is 1. The number of alkyl halides is 3. The predicted molar refractivity (Wildman–Crippen MR) is 106 cm³/mol. The van der Waals surface area contributed by atoms with Gasteiger partial charge < -0.3 is 10.1 Å². The van der Waals surface area contributed by atoms with Gasteiger partial charge in [-0.05, 0) is 35.9 Å². The second-order valence-electron chi connectivity index (χ2n) is 6.63. The highest BCUT2D eigenvalue weighted by Crippen LogP contribution is 2.38. The van der Waals surface area contributed by atoms with Crippen LogP contribution in [0.2, 0.25) is 5.02 Å². The maximum absolute atomic E-state index is 13.4. The first-order valence-corrected chi connectivity index (χ1v) is 9.24. The predicted octanol–water partition coefficient (Wildman–Crippen LogP) is 4.38. The molecule has 6 nitrogen and oxygen atoms in total. The molecule has 0 aromatic heterocycles. The number of hydrogen-bond acceptors (Lipinski definition) is 4. The Kier molecular flexibility index (Phi) is 6.06. The highest BCUT2D eigenvalue weighted by Gasteiger charge is 2.53. The molecule has 1 atom stereocenters. The van der Waals surface area contributed by atoms with Crippen molar-refractivity contribution in [1.82, 2.24) is 5.32 Å². The van der Waals surface area contributed by atoms with E-state index >= 15 is 0 Å². The van der Waals surface area contributed by atoms with Gasteiger partial charge in [0.05, 0.1) is 36.1 Å². The van der Waals surface area contributed by atoms with Crippen LogP contribution in [0.1, 0.15) is 16.7 Å². The Morgan fingerprint density at radius 2 is 1.90 bits per heavy atom. The highest BCUT2D eigenvalue weighted by molar-refractivity contribution is 6.30. The van der Waals surface area contributed by atoms with Crippen LogP contribution in [-0.4, -0.2) is 25.2 Å². The molecule has 0 aliphatic carbocycles. The van der Waals surface area contributed by atoms with E-state index in [4.69, 9.17) is 21.6 Å². The van der Waals surface area contributed by atoms with Crippen LogP contribution in [0.3, 0.4) is 0 Å². The number of nitrogens with one attached hydrogen (secondary N) is 1. The van der Waals surface area contributed by atoms with Gasteiger partial charge in [0.2, 0.25) is 0 Å². The Hall–Kier alpha value is -3.35. The quantitative estimate of drug-likeness (QED) is 0.403. The molecule has 3 amide bonds. The summed E-state index contributed by atoms with van der Waals surface area (Å²) in [5, 5.41) is 11.9. The summed E-state index contributed by atoms with van der Waals surface area (Å²) < 4.78 is 45.5. The van der Waals surface area contributed by atoms with Gasteiger partial charge in [0.25, 0.3) is 5.91 Å². The average Bonchev–Trinajstić information content (AvgIpc) is 2.98. The van der Waals surface area contributed by atoms with Crippen LogP contribution in [0.4, 0.5) is 23.7 Å². The van der Waals surface area contributed by atoms with E-state index in [1.54, 1.807) is 0 Å². The largest absolute Gasteiger partial charge is 0.417 e. The van der Waals surface area contributed by atoms with Crippen molar-refractivity contribution in [2.45, 2.75) is 11.7 Å². The topological polar surface area (TPSA) is 82.4 Å². The lowest BCUT2D eigenvalue weighted by Gasteiger charge is -2.27. The van der Waals surface area contributed by atoms with E-state index in [0.29, 0.717) is 21.6 Å². The zero-order chi connectivity index (χ0) is 22.8. The average molecular weight is 450 g/mol. The zero-order valence-corrected chi connectivity index (χ0v) is 16.6. The van der Waals surface area contributed by atoms with E-state index in [-0.39, 0.29) is 18.9 Å². The van der Waals surface area contributed by atoms with Gasteiger partial charge in [-0.1, -0.05) is 29.8 Å². The first kappa shape index (κ1) is 22.3. The number of rotatable bonds is 6. The first-order valence-electron chi connectivity index (χ1n) is 8.87. The fourth-order valence-corrected chi connectivity index (χ4v) is 3.35. The number of benzene rings is 2. The Morgan fingerprint density at radius 1 is 1.23 bits per heavy atom. The SMILES string of the molecule is C=CCOCC1(c2ccc(Cl)cc2)NC(=O)N(c2ccc(C#N)c(C(F)(F)F)c2)C1=O. The third-order valence-corrected chi connectivity index (χ3v) is 4.92. The molecule has 10 heteroatoms. The molecule has 160 valence electrons. The van der Waals surface area contributed by atoms with E-state index < -0.39 is 34.8 Å². The fraction of sp³-hybridized carbons (Fsp3) is 0.190. The molecular weight excluding hydrogens is 435 g/mol. The minimum Gasteiger partial charge on any atom is -0.374 e. The number of nitrogens with zero attached hydrogens (tertiary/aromatic N) is 2. The van der Waals surface area contributed by atoms with Gasteiger partial charge in [0.15, 0.2) is 5.54 Å². The Labute approximate surface area is 180 Å². The van der Waals surface area contributed by atoms with Crippen molar-refractivity contribution < 1.29 is 27.5 Å². The highest BCUT2D eigenvalue weighted by atomic mass is 35.5. The summed E-state index contributed by atoms with van der Waals surface area (Å²) in [5.41, 5.74) is -3.54. The van der Waals surface area contributed by atoms with Crippen LogP contribution in [0.25, 0.3) is 0 Å². The van der Waals surface area contributed by atoms with Crippen molar-refractivity contribution in [2.75, 3.05) is 18.1 Å². The summed E-state index contributed by atoms with van der Waals surface area (Å²) in [4.78, 5) is 26.7. The Balaban J connectivity index is 2.09. The summed E-state index contributed by atoms with van der Waals surface area (Å²) in [6.07, 6.45) is -3.40. The number of anilines is 1. The maximum atomic E-state index is 13.4. The van der Waals surface area contributed by atoms with Crippen LogP contribution in [0.5, 0.6) is 0 Å². The summed E-state index contributed by atoms with van der Waals surface area (Å²) >= 11 is 5.91. The van der Waals surface area contributed by atoms with Crippen molar-refractivity contribution in [3.63, 3.8) is 0 Å². The van der Waals surface area contributed by atoms with Crippen molar-refractivity contribution in [3.05, 3.63) is 76.8 Å². The lowest BCUT2D eigenvalue weighted by Crippen LogP contribution is -2.48. The van der Waals surface area contributed by atoms with E-state index in [1.807, 2.05) is 0 Å². The summed E-state index contributed by atoms with van der Waals surface area (Å²) in [6.45, 7) is 3.31. The number of hydrogen-bond donors (Lipinski definition) is 1. The molecule has 1 saturated heterocycles. The normalized spacial score (nSPS) is 18.6. The van der Waals surface area contributed by atoms with E-state index in [9.17, 15) is 22.8 Å². The molecule has 1 fully saturated rings. The van der Waals surface area contributed by atoms with E-state index in [1.165, 1.54) is 36.4 Å². The van der Waals surface area contributed by atoms with Gasteiger partial charge in [0, 0.05) is 5.02 Å². The molecule has 0 spiro atoms.